The monoisotopic (exact) mass is 511 g/mol. The number of rotatable bonds is 5. The number of ether oxygens (including phenoxy) is 1. The van der Waals surface area contributed by atoms with E-state index in [9.17, 15) is 32.3 Å². The maximum atomic E-state index is 14.6. The number of aromatic nitrogens is 4. The molecule has 4 N–H and O–H groups in total. The van der Waals surface area contributed by atoms with Gasteiger partial charge in [0, 0.05) is 18.3 Å². The Bertz CT molecular complexity index is 1330. The summed E-state index contributed by atoms with van der Waals surface area (Å²) in [4.78, 5) is 33.7. The van der Waals surface area contributed by atoms with Gasteiger partial charge in [0.15, 0.2) is 5.82 Å². The minimum Gasteiger partial charge on any atom is -0.480 e. The van der Waals surface area contributed by atoms with Crippen molar-refractivity contribution >= 4 is 23.1 Å². The molecule has 1 saturated heterocycles. The summed E-state index contributed by atoms with van der Waals surface area (Å²) in [5.41, 5.74) is 3.52. The fraction of sp³-hybridized carbons (Fsp3) is 0.381. The first-order valence-electron chi connectivity index (χ1n) is 10.5. The maximum Gasteiger partial charge on any atom is 0.426 e. The van der Waals surface area contributed by atoms with Crippen LogP contribution in [0.2, 0.25) is 0 Å². The van der Waals surface area contributed by atoms with Crippen molar-refractivity contribution in [3.8, 4) is 17.1 Å². The van der Waals surface area contributed by atoms with Gasteiger partial charge in [-0.25, -0.2) is 18.9 Å². The van der Waals surface area contributed by atoms with Gasteiger partial charge in [-0.1, -0.05) is 0 Å². The number of carbonyl (C=O) groups is 2. The van der Waals surface area contributed by atoms with E-state index in [1.54, 1.807) is 12.1 Å². The smallest absolute Gasteiger partial charge is 0.426 e. The van der Waals surface area contributed by atoms with E-state index in [-0.39, 0.29) is 17.3 Å². The van der Waals surface area contributed by atoms with Gasteiger partial charge in [-0.2, -0.15) is 18.3 Å². The Morgan fingerprint density at radius 1 is 1.25 bits per heavy atom. The van der Waals surface area contributed by atoms with Gasteiger partial charge in [0.25, 0.3) is 11.8 Å². The highest BCUT2D eigenvalue weighted by Gasteiger charge is 2.58. The van der Waals surface area contributed by atoms with Crippen molar-refractivity contribution in [1.29, 1.82) is 0 Å². The molecule has 1 fully saturated rings. The van der Waals surface area contributed by atoms with Crippen molar-refractivity contribution in [2.45, 2.75) is 30.9 Å². The number of carbonyl (C=O) groups excluding carboxylic acids is 2. The number of alkyl halides is 4. The third-order valence-electron chi connectivity index (χ3n) is 5.89. The first-order chi connectivity index (χ1) is 16.8. The number of nitrogens with one attached hydrogen (secondary N) is 1. The average molecular weight is 511 g/mol. The molecule has 2 amide bonds. The van der Waals surface area contributed by atoms with E-state index < -0.39 is 48.9 Å². The molecule has 0 aromatic carbocycles. The van der Waals surface area contributed by atoms with Gasteiger partial charge in [0.1, 0.15) is 23.6 Å². The van der Waals surface area contributed by atoms with Crippen LogP contribution < -0.4 is 15.8 Å². The molecule has 192 valence electrons. The van der Waals surface area contributed by atoms with Gasteiger partial charge >= 0.3 is 6.18 Å². The molecule has 3 atom stereocenters. The third kappa shape index (κ3) is 4.25. The quantitative estimate of drug-likeness (QED) is 0.430. The lowest BCUT2D eigenvalue weighted by molar-refractivity contribution is -0.249. The third-order valence-corrected chi connectivity index (χ3v) is 5.89. The van der Waals surface area contributed by atoms with E-state index in [1.807, 2.05) is 0 Å². The van der Waals surface area contributed by atoms with Crippen LogP contribution in [0.5, 0.6) is 5.88 Å². The zero-order chi connectivity index (χ0) is 26.4. The highest BCUT2D eigenvalue weighted by atomic mass is 19.4. The van der Waals surface area contributed by atoms with Crippen molar-refractivity contribution in [3.63, 3.8) is 0 Å². The summed E-state index contributed by atoms with van der Waals surface area (Å²) in [6.07, 6.45) is -4.46. The van der Waals surface area contributed by atoms with Crippen LogP contribution in [0.25, 0.3) is 16.8 Å². The standard InChI is InChI=1S/C21H21F4N7O4/c1-20(35,21(23,24)25)19(34)31-7-12(22)13(8-31)30-17(33)11-5-10(6-27-18(11)36-2)14-3-4-15-16(26)28-9-29-32(14)15/h3-6,9,12-13,35H,7-8H2,1-2H3,(H,30,33)(H2,26,28,29)/t12-,13+,20?/m0/s1. The minimum absolute atomic E-state index is 0.0902. The SMILES string of the molecule is COc1ncc(-c2ccc3c(N)ncnn23)cc1C(=O)N[C@@H]1CN(C(=O)C(C)(O)C(F)(F)F)C[C@@H]1F. The summed E-state index contributed by atoms with van der Waals surface area (Å²) in [6, 6.07) is 3.43. The summed E-state index contributed by atoms with van der Waals surface area (Å²) in [7, 11) is 1.27. The minimum atomic E-state index is -5.25. The van der Waals surface area contributed by atoms with Crippen LogP contribution in [0.3, 0.4) is 0 Å². The van der Waals surface area contributed by atoms with Crippen molar-refractivity contribution in [1.82, 2.24) is 29.8 Å². The molecule has 0 aliphatic carbocycles. The summed E-state index contributed by atoms with van der Waals surface area (Å²) in [6.45, 7) is -1.02. The first-order valence-corrected chi connectivity index (χ1v) is 10.5. The predicted molar refractivity (Wildman–Crippen MR) is 117 cm³/mol. The Morgan fingerprint density at radius 3 is 2.64 bits per heavy atom. The number of hydrogen-bond acceptors (Lipinski definition) is 8. The fourth-order valence-corrected chi connectivity index (χ4v) is 3.83. The van der Waals surface area contributed by atoms with E-state index in [4.69, 9.17) is 10.5 Å². The lowest BCUT2D eigenvalue weighted by Gasteiger charge is -2.29. The molecular formula is C21H21F4N7O4. The predicted octanol–water partition coefficient (Wildman–Crippen LogP) is 0.974. The highest BCUT2D eigenvalue weighted by molar-refractivity contribution is 5.98. The second-order valence-electron chi connectivity index (χ2n) is 8.32. The van der Waals surface area contributed by atoms with Crippen LogP contribution in [0, 0.1) is 0 Å². The molecule has 3 aromatic rings. The number of methoxy groups -OCH3 is 1. The molecule has 1 aliphatic heterocycles. The van der Waals surface area contributed by atoms with Crippen molar-refractivity contribution in [2.24, 2.45) is 0 Å². The molecule has 1 aliphatic rings. The number of nitrogens with two attached hydrogens (primary N) is 1. The Hall–Kier alpha value is -4.01. The van der Waals surface area contributed by atoms with E-state index >= 15 is 0 Å². The van der Waals surface area contributed by atoms with E-state index in [1.165, 1.54) is 30.2 Å². The molecule has 15 heteroatoms. The molecule has 3 aromatic heterocycles. The molecule has 0 bridgehead atoms. The number of aliphatic hydroxyl groups is 1. The summed E-state index contributed by atoms with van der Waals surface area (Å²) < 4.78 is 60.3. The topological polar surface area (TPSA) is 148 Å². The summed E-state index contributed by atoms with van der Waals surface area (Å²) in [5.74, 6) is -2.40. The number of likely N-dealkylation sites (tertiary alicyclic amines) is 1. The second kappa shape index (κ2) is 8.89. The number of fused-ring (bicyclic) bond motifs is 1. The van der Waals surface area contributed by atoms with Crippen LogP contribution in [-0.4, -0.2) is 85.6 Å². The number of nitrogens with zero attached hydrogens (tertiary/aromatic N) is 5. The fourth-order valence-electron chi connectivity index (χ4n) is 3.83. The molecule has 11 nitrogen and oxygen atoms in total. The molecule has 1 unspecified atom stereocenters. The van der Waals surface area contributed by atoms with Gasteiger partial charge in [0.05, 0.1) is 25.4 Å². The Labute approximate surface area is 200 Å². The van der Waals surface area contributed by atoms with Crippen LogP contribution in [0.15, 0.2) is 30.7 Å². The second-order valence-corrected chi connectivity index (χ2v) is 8.32. The number of nitrogen functional groups attached to an aromatic ring is 1. The van der Waals surface area contributed by atoms with Crippen LogP contribution >= 0.6 is 0 Å². The molecule has 36 heavy (non-hydrogen) atoms. The Kier molecular flexibility index (Phi) is 6.20. The number of hydrogen-bond donors (Lipinski definition) is 3. The summed E-state index contributed by atoms with van der Waals surface area (Å²) >= 11 is 0. The van der Waals surface area contributed by atoms with Crippen molar-refractivity contribution in [3.05, 3.63) is 36.3 Å². The molecule has 4 heterocycles. The van der Waals surface area contributed by atoms with Crippen LogP contribution in [0.1, 0.15) is 17.3 Å². The van der Waals surface area contributed by atoms with Gasteiger partial charge in [-0.05, 0) is 25.1 Å². The van der Waals surface area contributed by atoms with Gasteiger partial charge < -0.3 is 25.8 Å². The molecule has 0 radical (unpaired) electrons. The van der Waals surface area contributed by atoms with Gasteiger partial charge in [-0.3, -0.25) is 9.59 Å². The van der Waals surface area contributed by atoms with Gasteiger partial charge in [0.2, 0.25) is 11.5 Å². The summed E-state index contributed by atoms with van der Waals surface area (Å²) in [5, 5.41) is 16.1. The maximum absolute atomic E-state index is 14.6. The highest BCUT2D eigenvalue weighted by Crippen LogP contribution is 2.33. The number of amides is 2. The number of pyridine rings is 1. The lowest BCUT2D eigenvalue weighted by atomic mass is 10.1. The number of halogens is 4. The number of anilines is 1. The van der Waals surface area contributed by atoms with Crippen LogP contribution in [0.4, 0.5) is 23.4 Å². The van der Waals surface area contributed by atoms with Crippen LogP contribution in [-0.2, 0) is 4.79 Å². The zero-order valence-electron chi connectivity index (χ0n) is 19.0. The zero-order valence-corrected chi connectivity index (χ0v) is 19.0. The van der Waals surface area contributed by atoms with E-state index in [2.05, 4.69) is 20.4 Å². The molecule has 4 rings (SSSR count). The lowest BCUT2D eigenvalue weighted by Crippen LogP contribution is -2.56. The van der Waals surface area contributed by atoms with Gasteiger partial charge in [-0.15, -0.1) is 0 Å². The normalized spacial score (nSPS) is 19.8. The molecule has 0 saturated carbocycles. The largest absolute Gasteiger partial charge is 0.480 e. The van der Waals surface area contributed by atoms with E-state index in [0.29, 0.717) is 28.6 Å². The first kappa shape index (κ1) is 25.1. The molecule has 0 spiro atoms. The van der Waals surface area contributed by atoms with Crippen molar-refractivity contribution in [2.75, 3.05) is 25.9 Å². The van der Waals surface area contributed by atoms with E-state index in [0.717, 1.165) is 0 Å². The van der Waals surface area contributed by atoms with Crippen molar-refractivity contribution < 1.29 is 37.0 Å². The Morgan fingerprint density at radius 2 is 1.97 bits per heavy atom. The molecular weight excluding hydrogens is 490 g/mol. The Balaban J connectivity index is 1.57. The average Bonchev–Trinajstić information content (AvgIpc) is 3.42.